The van der Waals surface area contributed by atoms with Gasteiger partial charge in [-0.15, -0.1) is 0 Å². The summed E-state index contributed by atoms with van der Waals surface area (Å²) in [5.41, 5.74) is 5.72. The highest BCUT2D eigenvalue weighted by Crippen LogP contribution is 2.22. The van der Waals surface area contributed by atoms with E-state index in [0.29, 0.717) is 0 Å². The summed E-state index contributed by atoms with van der Waals surface area (Å²) in [6.45, 7) is 5.06. The van der Waals surface area contributed by atoms with Gasteiger partial charge in [0, 0.05) is 35.1 Å². The molecule has 0 fully saturated rings. The Balaban J connectivity index is 1.48. The Hall–Kier alpha value is -3.05. The first-order valence-electron chi connectivity index (χ1n) is 9.14. The highest BCUT2D eigenvalue weighted by atomic mass is 16.5. The Bertz CT molecular complexity index is 1010. The number of nitrogens with one attached hydrogen (secondary N) is 2. The molecule has 2 N–H and O–H groups in total. The van der Waals surface area contributed by atoms with Gasteiger partial charge in [0.05, 0.1) is 19.0 Å². The van der Waals surface area contributed by atoms with Gasteiger partial charge in [0.2, 0.25) is 0 Å². The standard InChI is InChI=1S/C22H24N4O/c1-15(23-13-18-12-17-6-4-5-7-22(17)25-18)21-14-24-26(16(21)2)19-8-10-20(27-3)11-9-19/h4-12,14-15,23,25H,13H2,1-3H3/t15-/m0/s1. The van der Waals surface area contributed by atoms with Crippen LogP contribution in [0.4, 0.5) is 0 Å². The molecule has 4 rings (SSSR count). The normalized spacial score (nSPS) is 12.4. The Morgan fingerprint density at radius 2 is 1.93 bits per heavy atom. The lowest BCUT2D eigenvalue weighted by Gasteiger charge is -2.13. The van der Waals surface area contributed by atoms with Gasteiger partial charge >= 0.3 is 0 Å². The lowest BCUT2D eigenvalue weighted by atomic mass is 10.1. The van der Waals surface area contributed by atoms with Crippen LogP contribution in [0.5, 0.6) is 5.75 Å². The monoisotopic (exact) mass is 360 g/mol. The summed E-state index contributed by atoms with van der Waals surface area (Å²) in [6.07, 6.45) is 1.95. The second-order valence-electron chi connectivity index (χ2n) is 6.78. The lowest BCUT2D eigenvalue weighted by Crippen LogP contribution is -2.18. The summed E-state index contributed by atoms with van der Waals surface area (Å²) < 4.78 is 7.20. The number of aromatic amines is 1. The zero-order valence-electron chi connectivity index (χ0n) is 15.9. The van der Waals surface area contributed by atoms with Crippen molar-refractivity contribution in [3.8, 4) is 11.4 Å². The van der Waals surface area contributed by atoms with Gasteiger partial charge in [-0.25, -0.2) is 4.68 Å². The van der Waals surface area contributed by atoms with Crippen LogP contribution in [-0.2, 0) is 6.54 Å². The van der Waals surface area contributed by atoms with Gasteiger partial charge in [-0.05, 0) is 55.6 Å². The molecular formula is C22H24N4O. The van der Waals surface area contributed by atoms with E-state index in [1.807, 2.05) is 35.1 Å². The first kappa shape index (κ1) is 17.4. The number of fused-ring (bicyclic) bond motifs is 1. The summed E-state index contributed by atoms with van der Waals surface area (Å²) >= 11 is 0. The van der Waals surface area contributed by atoms with E-state index in [0.717, 1.165) is 23.7 Å². The predicted octanol–water partition coefficient (Wildman–Crippen LogP) is 4.52. The second kappa shape index (κ2) is 7.29. The average Bonchev–Trinajstić information content (AvgIpc) is 3.29. The van der Waals surface area contributed by atoms with Gasteiger partial charge in [0.25, 0.3) is 0 Å². The van der Waals surface area contributed by atoms with Crippen molar-refractivity contribution in [3.05, 3.63) is 77.7 Å². The minimum Gasteiger partial charge on any atom is -0.497 e. The molecule has 138 valence electrons. The van der Waals surface area contributed by atoms with E-state index in [2.05, 4.69) is 59.6 Å². The summed E-state index contributed by atoms with van der Waals surface area (Å²) in [4.78, 5) is 3.46. The number of hydrogen-bond acceptors (Lipinski definition) is 3. The van der Waals surface area contributed by atoms with Crippen LogP contribution in [0.25, 0.3) is 16.6 Å². The maximum absolute atomic E-state index is 5.23. The van der Waals surface area contributed by atoms with Crippen LogP contribution >= 0.6 is 0 Å². The van der Waals surface area contributed by atoms with Crippen LogP contribution in [0, 0.1) is 6.92 Å². The molecule has 0 saturated heterocycles. The number of H-pyrrole nitrogens is 1. The van der Waals surface area contributed by atoms with Crippen molar-refractivity contribution < 1.29 is 4.74 Å². The van der Waals surface area contributed by atoms with Gasteiger partial charge in [-0.2, -0.15) is 5.10 Å². The molecule has 2 aromatic heterocycles. The van der Waals surface area contributed by atoms with Crippen molar-refractivity contribution in [1.82, 2.24) is 20.1 Å². The molecule has 0 aliphatic heterocycles. The number of ether oxygens (including phenoxy) is 1. The summed E-state index contributed by atoms with van der Waals surface area (Å²) in [7, 11) is 1.67. The van der Waals surface area contributed by atoms with Crippen molar-refractivity contribution in [2.24, 2.45) is 0 Å². The van der Waals surface area contributed by atoms with Gasteiger partial charge < -0.3 is 15.0 Å². The van der Waals surface area contributed by atoms with Crippen LogP contribution in [0.15, 0.2) is 60.8 Å². The van der Waals surface area contributed by atoms with E-state index in [9.17, 15) is 0 Å². The third-order valence-corrected chi connectivity index (χ3v) is 5.02. The average molecular weight is 360 g/mol. The predicted molar refractivity (Wildman–Crippen MR) is 108 cm³/mol. The largest absolute Gasteiger partial charge is 0.497 e. The van der Waals surface area contributed by atoms with Crippen LogP contribution in [0.3, 0.4) is 0 Å². The lowest BCUT2D eigenvalue weighted by molar-refractivity contribution is 0.414. The number of para-hydroxylation sites is 1. The number of benzene rings is 2. The van der Waals surface area contributed by atoms with E-state index >= 15 is 0 Å². The Labute approximate surface area is 159 Å². The zero-order valence-corrected chi connectivity index (χ0v) is 15.9. The van der Waals surface area contributed by atoms with Crippen molar-refractivity contribution >= 4 is 10.9 Å². The molecule has 5 nitrogen and oxygen atoms in total. The fourth-order valence-corrected chi connectivity index (χ4v) is 3.43. The van der Waals surface area contributed by atoms with Crippen molar-refractivity contribution in [3.63, 3.8) is 0 Å². The zero-order chi connectivity index (χ0) is 18.8. The van der Waals surface area contributed by atoms with E-state index in [-0.39, 0.29) is 6.04 Å². The fraction of sp³-hybridized carbons (Fsp3) is 0.227. The Kier molecular flexibility index (Phi) is 4.69. The molecule has 0 bridgehead atoms. The van der Waals surface area contributed by atoms with Crippen LogP contribution in [0.1, 0.15) is 29.9 Å². The molecule has 0 spiro atoms. The number of rotatable bonds is 6. The fourth-order valence-electron chi connectivity index (χ4n) is 3.43. The molecule has 0 unspecified atom stereocenters. The van der Waals surface area contributed by atoms with Crippen molar-refractivity contribution in [2.45, 2.75) is 26.4 Å². The Morgan fingerprint density at radius 3 is 2.67 bits per heavy atom. The van der Waals surface area contributed by atoms with Gasteiger partial charge in [0.1, 0.15) is 5.75 Å². The molecule has 27 heavy (non-hydrogen) atoms. The molecule has 1 atom stereocenters. The smallest absolute Gasteiger partial charge is 0.119 e. The van der Waals surface area contributed by atoms with E-state index in [4.69, 9.17) is 4.74 Å². The number of methoxy groups -OCH3 is 1. The maximum atomic E-state index is 5.23. The summed E-state index contributed by atoms with van der Waals surface area (Å²) in [6, 6.07) is 18.7. The van der Waals surface area contributed by atoms with Crippen LogP contribution in [-0.4, -0.2) is 21.9 Å². The second-order valence-corrected chi connectivity index (χ2v) is 6.78. The van der Waals surface area contributed by atoms with E-state index in [1.54, 1.807) is 7.11 Å². The van der Waals surface area contributed by atoms with Gasteiger partial charge in [0.15, 0.2) is 0 Å². The van der Waals surface area contributed by atoms with E-state index < -0.39 is 0 Å². The summed E-state index contributed by atoms with van der Waals surface area (Å²) in [5.74, 6) is 0.845. The van der Waals surface area contributed by atoms with Crippen molar-refractivity contribution in [1.29, 1.82) is 0 Å². The molecule has 2 aromatic carbocycles. The SMILES string of the molecule is COc1ccc(-n2ncc([C@H](C)NCc3cc4ccccc4[nH]3)c2C)cc1. The molecule has 2 heterocycles. The van der Waals surface area contributed by atoms with E-state index in [1.165, 1.54) is 22.2 Å². The molecule has 0 radical (unpaired) electrons. The molecule has 4 aromatic rings. The molecule has 5 heteroatoms. The molecule has 0 aliphatic carbocycles. The van der Waals surface area contributed by atoms with Crippen LogP contribution in [0.2, 0.25) is 0 Å². The molecule has 0 saturated carbocycles. The number of hydrogen-bond donors (Lipinski definition) is 2. The highest BCUT2D eigenvalue weighted by molar-refractivity contribution is 5.80. The van der Waals surface area contributed by atoms with Crippen LogP contribution < -0.4 is 10.1 Å². The van der Waals surface area contributed by atoms with Gasteiger partial charge in [-0.1, -0.05) is 18.2 Å². The summed E-state index contributed by atoms with van der Waals surface area (Å²) in [5, 5.41) is 9.42. The molecular weight excluding hydrogens is 336 g/mol. The highest BCUT2D eigenvalue weighted by Gasteiger charge is 2.14. The maximum Gasteiger partial charge on any atom is 0.119 e. The number of nitrogens with zero attached hydrogens (tertiary/aromatic N) is 2. The topological polar surface area (TPSA) is 54.9 Å². The molecule has 0 amide bonds. The minimum absolute atomic E-state index is 0.198. The van der Waals surface area contributed by atoms with Gasteiger partial charge in [-0.3, -0.25) is 0 Å². The Morgan fingerprint density at radius 1 is 1.15 bits per heavy atom. The number of aromatic nitrogens is 3. The van der Waals surface area contributed by atoms with Crippen molar-refractivity contribution in [2.75, 3.05) is 7.11 Å². The molecule has 0 aliphatic rings. The minimum atomic E-state index is 0.198. The third-order valence-electron chi connectivity index (χ3n) is 5.02. The first-order chi connectivity index (χ1) is 13.2. The third kappa shape index (κ3) is 3.46. The first-order valence-corrected chi connectivity index (χ1v) is 9.14. The quantitative estimate of drug-likeness (QED) is 0.531.